The van der Waals surface area contributed by atoms with Gasteiger partial charge < -0.3 is 24.3 Å². The maximum Gasteiger partial charge on any atom is 0.322 e. The second kappa shape index (κ2) is 13.4. The zero-order valence-corrected chi connectivity index (χ0v) is 22.1. The molecule has 4 rings (SSSR count). The Labute approximate surface area is 226 Å². The van der Waals surface area contributed by atoms with Gasteiger partial charge in [0.15, 0.2) is 0 Å². The van der Waals surface area contributed by atoms with Crippen LogP contribution in [0, 0.1) is 12.7 Å². The number of urea groups is 1. The topological polar surface area (TPSA) is 78.3 Å². The van der Waals surface area contributed by atoms with Gasteiger partial charge in [0.2, 0.25) is 5.91 Å². The highest BCUT2D eigenvalue weighted by atomic mass is 35.5. The van der Waals surface area contributed by atoms with Crippen LogP contribution in [0.5, 0.6) is 0 Å². The molecule has 1 aromatic heterocycles. The zero-order chi connectivity index (χ0) is 26.9. The Morgan fingerprint density at radius 1 is 1.03 bits per heavy atom. The first-order valence-corrected chi connectivity index (χ1v) is 12.9. The van der Waals surface area contributed by atoms with Gasteiger partial charge in [-0.05, 0) is 42.8 Å². The molecule has 2 aromatic carbocycles. The Morgan fingerprint density at radius 3 is 2.47 bits per heavy atom. The summed E-state index contributed by atoms with van der Waals surface area (Å²) in [6.45, 7) is 6.04. The number of carbonyl (C=O) groups is 2. The fourth-order valence-corrected chi connectivity index (χ4v) is 4.35. The van der Waals surface area contributed by atoms with Crippen molar-refractivity contribution in [2.45, 2.75) is 20.0 Å². The first kappa shape index (κ1) is 27.6. The van der Waals surface area contributed by atoms with Crippen LogP contribution in [0.3, 0.4) is 0 Å². The standard InChI is InChI=1S/C28H32ClFN4O4/c1-21-7-9-24(38-21)19-34(18-22-5-3-2-4-6-22)27(35)20-33(12-11-32-13-15-37-16-14-32)28(36)31-23-8-10-26(30)25(29)17-23/h2-10,17H,11-16,18-20H2,1H3,(H,31,36). The van der Waals surface area contributed by atoms with Crippen molar-refractivity contribution in [1.29, 1.82) is 0 Å². The van der Waals surface area contributed by atoms with Crippen LogP contribution in [0.4, 0.5) is 14.9 Å². The summed E-state index contributed by atoms with van der Waals surface area (Å²) in [5, 5.41) is 2.65. The SMILES string of the molecule is Cc1ccc(CN(Cc2ccccc2)C(=O)CN(CCN2CCOCC2)C(=O)Nc2ccc(F)c(Cl)c2)o1. The van der Waals surface area contributed by atoms with E-state index >= 15 is 0 Å². The van der Waals surface area contributed by atoms with Gasteiger partial charge >= 0.3 is 6.03 Å². The monoisotopic (exact) mass is 542 g/mol. The summed E-state index contributed by atoms with van der Waals surface area (Å²) in [7, 11) is 0. The molecule has 1 saturated heterocycles. The summed E-state index contributed by atoms with van der Waals surface area (Å²) in [6.07, 6.45) is 0. The molecule has 1 N–H and O–H groups in total. The summed E-state index contributed by atoms with van der Waals surface area (Å²) >= 11 is 5.89. The lowest BCUT2D eigenvalue weighted by Gasteiger charge is -2.31. The van der Waals surface area contributed by atoms with Crippen LogP contribution < -0.4 is 5.32 Å². The van der Waals surface area contributed by atoms with Gasteiger partial charge in [0.1, 0.15) is 23.9 Å². The van der Waals surface area contributed by atoms with E-state index in [1.165, 1.54) is 23.1 Å². The van der Waals surface area contributed by atoms with E-state index in [0.29, 0.717) is 44.3 Å². The van der Waals surface area contributed by atoms with Crippen LogP contribution in [0.25, 0.3) is 0 Å². The highest BCUT2D eigenvalue weighted by Crippen LogP contribution is 2.20. The van der Waals surface area contributed by atoms with Crippen LogP contribution in [-0.2, 0) is 22.6 Å². The largest absolute Gasteiger partial charge is 0.464 e. The van der Waals surface area contributed by atoms with Crippen molar-refractivity contribution >= 4 is 29.2 Å². The number of benzene rings is 2. The number of nitrogens with one attached hydrogen (secondary N) is 1. The molecule has 0 atom stereocenters. The van der Waals surface area contributed by atoms with Crippen molar-refractivity contribution in [3.05, 3.63) is 88.6 Å². The van der Waals surface area contributed by atoms with Gasteiger partial charge in [-0.3, -0.25) is 9.69 Å². The fraction of sp³-hybridized carbons (Fsp3) is 0.357. The predicted octanol–water partition coefficient (Wildman–Crippen LogP) is 4.78. The molecule has 8 nitrogen and oxygen atoms in total. The van der Waals surface area contributed by atoms with E-state index in [1.807, 2.05) is 49.4 Å². The smallest absolute Gasteiger partial charge is 0.322 e. The lowest BCUT2D eigenvalue weighted by Crippen LogP contribution is -2.48. The molecule has 1 fully saturated rings. The minimum Gasteiger partial charge on any atom is -0.464 e. The molecule has 2 heterocycles. The van der Waals surface area contributed by atoms with Gasteiger partial charge in [0.05, 0.1) is 24.8 Å². The minimum atomic E-state index is -0.575. The third-order valence-corrected chi connectivity index (χ3v) is 6.58. The Kier molecular flexibility index (Phi) is 9.75. The lowest BCUT2D eigenvalue weighted by molar-refractivity contribution is -0.133. The molecular formula is C28H32ClFN4O4. The number of hydrogen-bond acceptors (Lipinski definition) is 5. The normalized spacial score (nSPS) is 13.8. The number of ether oxygens (including phenoxy) is 1. The molecule has 38 heavy (non-hydrogen) atoms. The van der Waals surface area contributed by atoms with Crippen molar-refractivity contribution in [2.24, 2.45) is 0 Å². The lowest BCUT2D eigenvalue weighted by atomic mass is 10.2. The van der Waals surface area contributed by atoms with Gasteiger partial charge in [0.25, 0.3) is 0 Å². The molecule has 202 valence electrons. The van der Waals surface area contributed by atoms with Crippen LogP contribution >= 0.6 is 11.6 Å². The van der Waals surface area contributed by atoms with E-state index in [9.17, 15) is 14.0 Å². The maximum absolute atomic E-state index is 13.6. The Morgan fingerprint density at radius 2 is 1.79 bits per heavy atom. The van der Waals surface area contributed by atoms with Crippen molar-refractivity contribution in [1.82, 2.24) is 14.7 Å². The van der Waals surface area contributed by atoms with Crippen molar-refractivity contribution in [3.63, 3.8) is 0 Å². The highest BCUT2D eigenvalue weighted by Gasteiger charge is 2.24. The molecule has 0 bridgehead atoms. The molecule has 3 amide bonds. The number of nitrogens with zero attached hydrogens (tertiary/aromatic N) is 3. The molecule has 0 saturated carbocycles. The summed E-state index contributed by atoms with van der Waals surface area (Å²) in [4.78, 5) is 32.3. The molecule has 1 aliphatic rings. The van der Waals surface area contributed by atoms with Crippen LogP contribution in [-0.4, -0.2) is 72.6 Å². The number of hydrogen-bond donors (Lipinski definition) is 1. The summed E-state index contributed by atoms with van der Waals surface area (Å²) < 4.78 is 24.8. The van der Waals surface area contributed by atoms with E-state index in [1.54, 1.807) is 4.90 Å². The van der Waals surface area contributed by atoms with Gasteiger partial charge in [-0.2, -0.15) is 0 Å². The van der Waals surface area contributed by atoms with E-state index in [2.05, 4.69) is 10.2 Å². The van der Waals surface area contributed by atoms with Gasteiger partial charge in [-0.15, -0.1) is 0 Å². The maximum atomic E-state index is 13.6. The summed E-state index contributed by atoms with van der Waals surface area (Å²) in [5.41, 5.74) is 1.31. The fourth-order valence-electron chi connectivity index (χ4n) is 4.17. The van der Waals surface area contributed by atoms with Crippen molar-refractivity contribution in [2.75, 3.05) is 51.3 Å². The average molecular weight is 543 g/mol. The molecule has 0 radical (unpaired) electrons. The summed E-state index contributed by atoms with van der Waals surface area (Å²) in [6, 6.07) is 16.9. The van der Waals surface area contributed by atoms with Gasteiger partial charge in [-0.25, -0.2) is 9.18 Å². The number of anilines is 1. The van der Waals surface area contributed by atoms with Crippen LogP contribution in [0.1, 0.15) is 17.1 Å². The number of halogens is 2. The van der Waals surface area contributed by atoms with E-state index in [4.69, 9.17) is 20.8 Å². The number of amides is 3. The minimum absolute atomic E-state index is 0.0958. The Bertz CT molecular complexity index is 1220. The number of carbonyl (C=O) groups excluding carboxylic acids is 2. The second-order valence-corrected chi connectivity index (χ2v) is 9.59. The first-order valence-electron chi connectivity index (χ1n) is 12.6. The quantitative estimate of drug-likeness (QED) is 0.399. The van der Waals surface area contributed by atoms with E-state index in [-0.39, 0.29) is 24.0 Å². The van der Waals surface area contributed by atoms with Gasteiger partial charge in [0, 0.05) is 38.4 Å². The summed E-state index contributed by atoms with van der Waals surface area (Å²) in [5.74, 6) is 0.625. The molecule has 0 unspecified atom stereocenters. The molecule has 3 aromatic rings. The molecule has 10 heteroatoms. The third kappa shape index (κ3) is 8.05. The van der Waals surface area contributed by atoms with Crippen molar-refractivity contribution < 1.29 is 23.1 Å². The number of rotatable bonds is 10. The number of aryl methyl sites for hydroxylation is 1. The van der Waals surface area contributed by atoms with Gasteiger partial charge in [-0.1, -0.05) is 41.9 Å². The second-order valence-electron chi connectivity index (χ2n) is 9.18. The number of furan rings is 1. The molecule has 0 aliphatic carbocycles. The first-order chi connectivity index (χ1) is 18.4. The van der Waals surface area contributed by atoms with Crippen molar-refractivity contribution in [3.8, 4) is 0 Å². The predicted molar refractivity (Wildman–Crippen MR) is 143 cm³/mol. The highest BCUT2D eigenvalue weighted by molar-refractivity contribution is 6.31. The van der Waals surface area contributed by atoms with Crippen LogP contribution in [0.15, 0.2) is 65.1 Å². The average Bonchev–Trinajstić information content (AvgIpc) is 3.33. The Balaban J connectivity index is 1.50. The number of morpholine rings is 1. The zero-order valence-electron chi connectivity index (χ0n) is 21.4. The Hall–Kier alpha value is -3.40. The third-order valence-electron chi connectivity index (χ3n) is 6.29. The molecule has 0 spiro atoms. The van der Waals surface area contributed by atoms with E-state index < -0.39 is 11.8 Å². The molecular weight excluding hydrogens is 511 g/mol. The van der Waals surface area contributed by atoms with E-state index in [0.717, 1.165) is 24.4 Å². The molecule has 1 aliphatic heterocycles. The van der Waals surface area contributed by atoms with Crippen LogP contribution in [0.2, 0.25) is 5.02 Å².